The van der Waals surface area contributed by atoms with E-state index >= 15 is 0 Å². The normalized spacial score (nSPS) is 18.8. The van der Waals surface area contributed by atoms with Crippen LogP contribution in [0.5, 0.6) is 0 Å². The predicted molar refractivity (Wildman–Crippen MR) is 60.1 cm³/mol. The van der Waals surface area contributed by atoms with Crippen LogP contribution in [0.2, 0.25) is 0 Å². The second kappa shape index (κ2) is 4.81. The summed E-state index contributed by atoms with van der Waals surface area (Å²) >= 11 is 0. The maximum absolute atomic E-state index is 5.62. The summed E-state index contributed by atoms with van der Waals surface area (Å²) < 4.78 is 5.43. The van der Waals surface area contributed by atoms with Gasteiger partial charge < -0.3 is 4.42 Å². The van der Waals surface area contributed by atoms with Crippen LogP contribution < -0.4 is 11.3 Å². The van der Waals surface area contributed by atoms with Crippen molar-refractivity contribution in [3.05, 3.63) is 23.7 Å². The molecule has 15 heavy (non-hydrogen) atoms. The Hall–Kier alpha value is -0.800. The summed E-state index contributed by atoms with van der Waals surface area (Å²) in [5, 5.41) is 0. The first kappa shape index (κ1) is 10.7. The molecule has 1 heterocycles. The van der Waals surface area contributed by atoms with E-state index in [0.717, 1.165) is 24.5 Å². The molecular weight excluding hydrogens is 188 g/mol. The zero-order valence-corrected chi connectivity index (χ0v) is 9.33. The second-order valence-electron chi connectivity index (χ2n) is 4.40. The molecule has 1 aliphatic carbocycles. The lowest BCUT2D eigenvalue weighted by molar-refractivity contribution is 0.260. The number of hydrazine groups is 1. The van der Waals surface area contributed by atoms with Crippen LogP contribution in [0.1, 0.15) is 50.0 Å². The van der Waals surface area contributed by atoms with Crippen molar-refractivity contribution in [1.29, 1.82) is 0 Å². The molecule has 0 radical (unpaired) electrons. The van der Waals surface area contributed by atoms with Crippen molar-refractivity contribution < 1.29 is 4.42 Å². The lowest BCUT2D eigenvalue weighted by atomic mass is 9.79. The van der Waals surface area contributed by atoms with Gasteiger partial charge in [0, 0.05) is 18.0 Å². The van der Waals surface area contributed by atoms with Crippen LogP contribution in [0.25, 0.3) is 0 Å². The largest absolute Gasteiger partial charge is 0.469 e. The molecule has 1 unspecified atom stereocenters. The van der Waals surface area contributed by atoms with E-state index in [-0.39, 0.29) is 6.04 Å². The van der Waals surface area contributed by atoms with Gasteiger partial charge in [0.1, 0.15) is 5.76 Å². The molecule has 0 spiro atoms. The number of nitrogens with two attached hydrogens (primary N) is 1. The van der Waals surface area contributed by atoms with Gasteiger partial charge in [0.15, 0.2) is 0 Å². The highest BCUT2D eigenvalue weighted by Crippen LogP contribution is 2.35. The van der Waals surface area contributed by atoms with Gasteiger partial charge >= 0.3 is 0 Å². The Morgan fingerprint density at radius 2 is 2.40 bits per heavy atom. The molecule has 3 nitrogen and oxygen atoms in total. The number of nitrogens with one attached hydrogen (secondary N) is 1. The van der Waals surface area contributed by atoms with Gasteiger partial charge in [0.25, 0.3) is 0 Å². The summed E-state index contributed by atoms with van der Waals surface area (Å²) in [5.41, 5.74) is 4.16. The molecule has 0 aromatic carbocycles. The Labute approximate surface area is 91.0 Å². The maximum atomic E-state index is 5.62. The van der Waals surface area contributed by atoms with E-state index in [1.54, 1.807) is 6.26 Å². The van der Waals surface area contributed by atoms with E-state index in [0.29, 0.717) is 0 Å². The summed E-state index contributed by atoms with van der Waals surface area (Å²) in [6.45, 7) is 2.11. The third-order valence-electron chi connectivity index (χ3n) is 3.47. The number of hydrogen-bond acceptors (Lipinski definition) is 3. The highest BCUT2D eigenvalue weighted by molar-refractivity contribution is 5.21. The highest BCUT2D eigenvalue weighted by atomic mass is 16.3. The molecule has 1 atom stereocenters. The van der Waals surface area contributed by atoms with E-state index in [1.165, 1.54) is 24.8 Å². The first-order valence-electron chi connectivity index (χ1n) is 5.87. The van der Waals surface area contributed by atoms with Gasteiger partial charge in [-0.15, -0.1) is 0 Å². The van der Waals surface area contributed by atoms with Crippen molar-refractivity contribution in [1.82, 2.24) is 5.43 Å². The molecule has 1 aliphatic rings. The lowest BCUT2D eigenvalue weighted by Crippen LogP contribution is -2.31. The van der Waals surface area contributed by atoms with Crippen LogP contribution in [-0.4, -0.2) is 0 Å². The van der Waals surface area contributed by atoms with Crippen molar-refractivity contribution in [2.24, 2.45) is 11.8 Å². The van der Waals surface area contributed by atoms with Crippen LogP contribution in [0.15, 0.2) is 16.7 Å². The third kappa shape index (κ3) is 2.24. The van der Waals surface area contributed by atoms with Crippen molar-refractivity contribution >= 4 is 0 Å². The van der Waals surface area contributed by atoms with Crippen LogP contribution in [0.4, 0.5) is 0 Å². The monoisotopic (exact) mass is 208 g/mol. The molecule has 1 aromatic rings. The van der Waals surface area contributed by atoms with E-state index in [2.05, 4.69) is 12.3 Å². The van der Waals surface area contributed by atoms with E-state index in [1.807, 2.05) is 6.07 Å². The summed E-state index contributed by atoms with van der Waals surface area (Å²) in [4.78, 5) is 0. The number of furan rings is 1. The van der Waals surface area contributed by atoms with Gasteiger partial charge in [-0.05, 0) is 18.4 Å². The Balaban J connectivity index is 2.04. The molecule has 1 fully saturated rings. The summed E-state index contributed by atoms with van der Waals surface area (Å²) in [6, 6.07) is 2.31. The predicted octanol–water partition coefficient (Wildman–Crippen LogP) is 2.54. The molecule has 0 aliphatic heterocycles. The zero-order valence-electron chi connectivity index (χ0n) is 9.33. The molecule has 1 saturated carbocycles. The molecule has 3 N–H and O–H groups in total. The SMILES string of the molecule is CCc1occc1C(CC1CCC1)NN. The first-order chi connectivity index (χ1) is 7.35. The molecule has 0 saturated heterocycles. The quantitative estimate of drug-likeness (QED) is 0.577. The highest BCUT2D eigenvalue weighted by Gasteiger charge is 2.24. The minimum atomic E-state index is 0.268. The summed E-state index contributed by atoms with van der Waals surface area (Å²) in [7, 11) is 0. The van der Waals surface area contributed by atoms with Crippen LogP contribution in [0, 0.1) is 5.92 Å². The summed E-state index contributed by atoms with van der Waals surface area (Å²) in [6.07, 6.45) is 7.94. The molecular formula is C12H20N2O. The average molecular weight is 208 g/mol. The number of aryl methyl sites for hydroxylation is 1. The van der Waals surface area contributed by atoms with Gasteiger partial charge in [-0.2, -0.15) is 0 Å². The van der Waals surface area contributed by atoms with E-state index in [4.69, 9.17) is 10.3 Å². The van der Waals surface area contributed by atoms with E-state index < -0.39 is 0 Å². The molecule has 3 heteroatoms. The van der Waals surface area contributed by atoms with Gasteiger partial charge in [-0.25, -0.2) is 0 Å². The average Bonchev–Trinajstić information content (AvgIpc) is 2.64. The molecule has 0 amide bonds. The van der Waals surface area contributed by atoms with Crippen molar-refractivity contribution in [3.63, 3.8) is 0 Å². The minimum Gasteiger partial charge on any atom is -0.469 e. The zero-order chi connectivity index (χ0) is 10.7. The Bertz CT molecular complexity index is 304. The molecule has 2 rings (SSSR count). The standard InChI is InChI=1S/C12H20N2O/c1-2-12-10(6-7-15-12)11(14-13)8-9-4-3-5-9/h6-7,9,11,14H,2-5,8,13H2,1H3. The Morgan fingerprint density at radius 1 is 1.60 bits per heavy atom. The summed E-state index contributed by atoms with van der Waals surface area (Å²) in [5.74, 6) is 7.54. The fourth-order valence-corrected chi connectivity index (χ4v) is 2.30. The number of rotatable bonds is 5. The van der Waals surface area contributed by atoms with Gasteiger partial charge in [-0.3, -0.25) is 11.3 Å². The van der Waals surface area contributed by atoms with Crippen molar-refractivity contribution in [2.75, 3.05) is 0 Å². The molecule has 1 aromatic heterocycles. The Kier molecular flexibility index (Phi) is 3.44. The van der Waals surface area contributed by atoms with Crippen molar-refractivity contribution in [2.45, 2.75) is 45.1 Å². The molecule has 84 valence electrons. The minimum absolute atomic E-state index is 0.268. The van der Waals surface area contributed by atoms with Gasteiger partial charge in [-0.1, -0.05) is 26.2 Å². The smallest absolute Gasteiger partial charge is 0.108 e. The third-order valence-corrected chi connectivity index (χ3v) is 3.47. The van der Waals surface area contributed by atoms with Crippen LogP contribution in [0.3, 0.4) is 0 Å². The molecule has 0 bridgehead atoms. The maximum Gasteiger partial charge on any atom is 0.108 e. The fourth-order valence-electron chi connectivity index (χ4n) is 2.30. The lowest BCUT2D eigenvalue weighted by Gasteiger charge is -2.29. The van der Waals surface area contributed by atoms with Gasteiger partial charge in [0.2, 0.25) is 0 Å². The first-order valence-corrected chi connectivity index (χ1v) is 5.87. The fraction of sp³-hybridized carbons (Fsp3) is 0.667. The van der Waals surface area contributed by atoms with Gasteiger partial charge in [0.05, 0.1) is 6.26 Å². The van der Waals surface area contributed by atoms with E-state index in [9.17, 15) is 0 Å². The number of hydrogen-bond donors (Lipinski definition) is 2. The second-order valence-corrected chi connectivity index (χ2v) is 4.40. The van der Waals surface area contributed by atoms with Crippen LogP contribution in [-0.2, 0) is 6.42 Å². The Morgan fingerprint density at radius 3 is 2.93 bits per heavy atom. The van der Waals surface area contributed by atoms with Crippen molar-refractivity contribution in [3.8, 4) is 0 Å². The topological polar surface area (TPSA) is 51.2 Å². The van der Waals surface area contributed by atoms with Crippen LogP contribution >= 0.6 is 0 Å².